The molecule has 1 unspecified atom stereocenters. The lowest BCUT2D eigenvalue weighted by atomic mass is 9.71. The quantitative estimate of drug-likeness (QED) is 0.610. The summed E-state index contributed by atoms with van der Waals surface area (Å²) in [6.07, 6.45) is -3.17. The van der Waals surface area contributed by atoms with Gasteiger partial charge in [-0.15, -0.1) is 0 Å². The van der Waals surface area contributed by atoms with Crippen molar-refractivity contribution in [2.45, 2.75) is 18.0 Å². The van der Waals surface area contributed by atoms with Gasteiger partial charge >= 0.3 is 6.18 Å². The van der Waals surface area contributed by atoms with Gasteiger partial charge in [0.05, 0.1) is 17.4 Å². The summed E-state index contributed by atoms with van der Waals surface area (Å²) in [7, 11) is 1.61. The van der Waals surface area contributed by atoms with Gasteiger partial charge in [0, 0.05) is 35.3 Å². The van der Waals surface area contributed by atoms with Gasteiger partial charge in [-0.3, -0.25) is 9.59 Å². The van der Waals surface area contributed by atoms with E-state index in [2.05, 4.69) is 10.4 Å². The zero-order chi connectivity index (χ0) is 22.1. The van der Waals surface area contributed by atoms with Crippen molar-refractivity contribution in [3.8, 4) is 5.69 Å². The predicted molar refractivity (Wildman–Crippen MR) is 107 cm³/mol. The Labute approximate surface area is 179 Å². The number of halogens is 4. The number of hydrogen-bond acceptors (Lipinski definition) is 3. The largest absolute Gasteiger partial charge is 0.416 e. The van der Waals surface area contributed by atoms with E-state index in [1.165, 1.54) is 27.9 Å². The Hall–Kier alpha value is -3.33. The van der Waals surface area contributed by atoms with E-state index in [0.717, 1.165) is 12.1 Å². The number of alkyl halides is 3. The Morgan fingerprint density at radius 3 is 2.52 bits per heavy atom. The summed E-state index contributed by atoms with van der Waals surface area (Å²) in [5.74, 6) is -0.514. The second-order valence-corrected chi connectivity index (χ2v) is 7.90. The molecule has 0 radical (unpaired) electrons. The molecule has 6 nitrogen and oxygen atoms in total. The van der Waals surface area contributed by atoms with Crippen LogP contribution in [0.2, 0.25) is 5.02 Å². The molecule has 1 spiro atoms. The fourth-order valence-corrected chi connectivity index (χ4v) is 4.74. The van der Waals surface area contributed by atoms with E-state index in [0.29, 0.717) is 27.5 Å². The molecule has 0 aliphatic carbocycles. The highest BCUT2D eigenvalue weighted by Crippen LogP contribution is 2.54. The number of aromatic nitrogens is 2. The Morgan fingerprint density at radius 2 is 1.84 bits per heavy atom. The van der Waals surface area contributed by atoms with E-state index >= 15 is 0 Å². The molecule has 3 heterocycles. The molecule has 1 aromatic heterocycles. The maximum Gasteiger partial charge on any atom is 0.416 e. The molecule has 3 aromatic rings. The number of nitrogens with zero attached hydrogens (tertiary/aromatic N) is 3. The first-order chi connectivity index (χ1) is 14.6. The van der Waals surface area contributed by atoms with Crippen LogP contribution in [0.1, 0.15) is 23.1 Å². The Bertz CT molecular complexity index is 1250. The van der Waals surface area contributed by atoms with Crippen LogP contribution in [0.25, 0.3) is 5.69 Å². The second kappa shape index (κ2) is 6.34. The van der Waals surface area contributed by atoms with E-state index in [-0.39, 0.29) is 18.1 Å². The Morgan fingerprint density at radius 1 is 1.13 bits per heavy atom. The molecule has 31 heavy (non-hydrogen) atoms. The van der Waals surface area contributed by atoms with Crippen LogP contribution in [-0.2, 0) is 21.2 Å². The van der Waals surface area contributed by atoms with Gasteiger partial charge in [0.1, 0.15) is 11.2 Å². The van der Waals surface area contributed by atoms with E-state index in [1.807, 2.05) is 0 Å². The molecular weight excluding hydrogens is 433 g/mol. The highest BCUT2D eigenvalue weighted by Gasteiger charge is 2.57. The summed E-state index contributed by atoms with van der Waals surface area (Å²) in [6, 6.07) is 9.51. The summed E-state index contributed by atoms with van der Waals surface area (Å²) in [5.41, 5.74) is -0.288. The lowest BCUT2D eigenvalue weighted by Crippen LogP contribution is -2.45. The molecule has 2 aliphatic rings. The first-order valence-corrected chi connectivity index (χ1v) is 9.65. The topological polar surface area (TPSA) is 67.2 Å². The highest BCUT2D eigenvalue weighted by atomic mass is 35.5. The first kappa shape index (κ1) is 19.6. The molecule has 2 aliphatic heterocycles. The molecule has 0 bridgehead atoms. The van der Waals surface area contributed by atoms with Crippen LogP contribution < -0.4 is 10.2 Å². The van der Waals surface area contributed by atoms with Gasteiger partial charge in [0.15, 0.2) is 0 Å². The fourth-order valence-electron chi connectivity index (χ4n) is 4.41. The Kier molecular flexibility index (Phi) is 4.01. The van der Waals surface area contributed by atoms with Crippen LogP contribution in [0.15, 0.2) is 48.7 Å². The summed E-state index contributed by atoms with van der Waals surface area (Å²) in [5, 5.41) is 7.34. The molecular formula is C21H14ClF3N4O2. The van der Waals surface area contributed by atoms with Crippen molar-refractivity contribution in [2.24, 2.45) is 0 Å². The smallest absolute Gasteiger partial charge is 0.314 e. The summed E-state index contributed by atoms with van der Waals surface area (Å²) >= 11 is 6.48. The standard InChI is InChI=1S/C21H14ClF3N4O2/c1-28-15-4-2-3-14(22)17(15)20(19(28)31)9-16(30)27-18-13(20)10-26-29(18)12-7-5-11(6-8-12)21(23,24)25/h2-8,10H,9H2,1H3,(H,27,30). The number of carbonyl (C=O) groups is 2. The zero-order valence-corrected chi connectivity index (χ0v) is 16.8. The number of anilines is 2. The number of benzene rings is 2. The van der Waals surface area contributed by atoms with Gasteiger partial charge in [-0.05, 0) is 36.4 Å². The third-order valence-corrected chi connectivity index (χ3v) is 6.12. The predicted octanol–water partition coefficient (Wildman–Crippen LogP) is 4.15. The van der Waals surface area contributed by atoms with Crippen molar-refractivity contribution in [3.05, 3.63) is 70.4 Å². The van der Waals surface area contributed by atoms with Crippen molar-refractivity contribution in [2.75, 3.05) is 17.3 Å². The lowest BCUT2D eigenvalue weighted by Gasteiger charge is -2.32. The van der Waals surface area contributed by atoms with Crippen LogP contribution in [0.5, 0.6) is 0 Å². The van der Waals surface area contributed by atoms with Gasteiger partial charge in [-0.2, -0.15) is 18.3 Å². The molecule has 158 valence electrons. The lowest BCUT2D eigenvalue weighted by molar-refractivity contribution is -0.137. The van der Waals surface area contributed by atoms with Gasteiger partial charge in [0.25, 0.3) is 0 Å². The van der Waals surface area contributed by atoms with Crippen LogP contribution in [0, 0.1) is 0 Å². The van der Waals surface area contributed by atoms with E-state index in [1.54, 1.807) is 25.2 Å². The summed E-state index contributed by atoms with van der Waals surface area (Å²) < 4.78 is 40.0. The number of rotatable bonds is 1. The molecule has 1 atom stereocenters. The van der Waals surface area contributed by atoms with Gasteiger partial charge < -0.3 is 10.2 Å². The summed E-state index contributed by atoms with van der Waals surface area (Å²) in [6.45, 7) is 0. The zero-order valence-electron chi connectivity index (χ0n) is 16.0. The molecule has 10 heteroatoms. The van der Waals surface area contributed by atoms with Crippen molar-refractivity contribution >= 4 is 34.9 Å². The van der Waals surface area contributed by atoms with Crippen LogP contribution in [-0.4, -0.2) is 28.6 Å². The highest BCUT2D eigenvalue weighted by molar-refractivity contribution is 6.33. The monoisotopic (exact) mass is 446 g/mol. The normalized spacial score (nSPS) is 20.1. The minimum absolute atomic E-state index is 0.154. The van der Waals surface area contributed by atoms with Gasteiger partial charge in [-0.25, -0.2) is 4.68 Å². The molecule has 5 rings (SSSR count). The molecule has 1 N–H and O–H groups in total. The van der Waals surface area contributed by atoms with Crippen molar-refractivity contribution < 1.29 is 22.8 Å². The number of carbonyl (C=O) groups excluding carboxylic acids is 2. The third kappa shape index (κ3) is 2.62. The number of amides is 2. The molecule has 0 saturated carbocycles. The van der Waals surface area contributed by atoms with Crippen molar-refractivity contribution in [1.29, 1.82) is 0 Å². The molecule has 0 fully saturated rings. The van der Waals surface area contributed by atoms with Crippen LogP contribution >= 0.6 is 11.6 Å². The number of nitrogens with one attached hydrogen (secondary N) is 1. The fraction of sp³-hybridized carbons (Fsp3) is 0.190. The molecule has 2 amide bonds. The van der Waals surface area contributed by atoms with E-state index in [9.17, 15) is 22.8 Å². The molecule has 0 saturated heterocycles. The van der Waals surface area contributed by atoms with Crippen LogP contribution in [0.4, 0.5) is 24.7 Å². The SMILES string of the molecule is CN1C(=O)C2(CC(=O)Nc3c2cnn3-c2ccc(C(F)(F)F)cc2)c2c(Cl)cccc21. The maximum absolute atomic E-state index is 13.4. The first-order valence-electron chi connectivity index (χ1n) is 9.28. The van der Waals surface area contributed by atoms with Crippen molar-refractivity contribution in [1.82, 2.24) is 9.78 Å². The number of likely N-dealkylation sites (N-methyl/N-ethyl adjacent to an activating group) is 1. The second-order valence-electron chi connectivity index (χ2n) is 7.49. The Balaban J connectivity index is 1.71. The molecule has 2 aromatic carbocycles. The minimum Gasteiger partial charge on any atom is -0.314 e. The van der Waals surface area contributed by atoms with Gasteiger partial charge in [0.2, 0.25) is 11.8 Å². The average Bonchev–Trinajstić information content (AvgIpc) is 3.23. The van der Waals surface area contributed by atoms with Crippen molar-refractivity contribution in [3.63, 3.8) is 0 Å². The maximum atomic E-state index is 13.4. The number of hydrogen-bond donors (Lipinski definition) is 1. The summed E-state index contributed by atoms with van der Waals surface area (Å²) in [4.78, 5) is 27.6. The van der Waals surface area contributed by atoms with E-state index < -0.39 is 23.1 Å². The van der Waals surface area contributed by atoms with Gasteiger partial charge in [-0.1, -0.05) is 17.7 Å². The average molecular weight is 447 g/mol. The third-order valence-electron chi connectivity index (χ3n) is 5.80. The van der Waals surface area contributed by atoms with Crippen LogP contribution in [0.3, 0.4) is 0 Å². The minimum atomic E-state index is -4.47. The van der Waals surface area contributed by atoms with E-state index in [4.69, 9.17) is 11.6 Å². The number of fused-ring (bicyclic) bond motifs is 4.